The first-order valence-corrected chi connectivity index (χ1v) is 11.6. The number of thioether (sulfide) groups is 1. The zero-order chi connectivity index (χ0) is 25.0. The van der Waals surface area contributed by atoms with E-state index in [1.807, 2.05) is 6.92 Å². The van der Waals surface area contributed by atoms with Crippen LogP contribution in [0.1, 0.15) is 25.3 Å². The van der Waals surface area contributed by atoms with Gasteiger partial charge in [-0.3, -0.25) is 0 Å². The Kier molecular flexibility index (Phi) is 7.31. The first-order chi connectivity index (χ1) is 16.9. The van der Waals surface area contributed by atoms with Crippen LogP contribution in [0, 0.1) is 23.6 Å². The zero-order valence-electron chi connectivity index (χ0n) is 19.1. The number of nitrogens with two attached hydrogens (primary N) is 1. The van der Waals surface area contributed by atoms with Gasteiger partial charge in [0, 0.05) is 17.8 Å². The Morgan fingerprint density at radius 2 is 2.14 bits per heavy atom. The van der Waals surface area contributed by atoms with Gasteiger partial charge in [-0.15, -0.1) is 5.92 Å². The molecule has 0 bridgehead atoms. The van der Waals surface area contributed by atoms with Crippen molar-refractivity contribution in [3.05, 3.63) is 48.0 Å². The summed E-state index contributed by atoms with van der Waals surface area (Å²) in [6, 6.07) is 6.19. The van der Waals surface area contributed by atoms with Crippen molar-refractivity contribution in [3.63, 3.8) is 0 Å². The maximum absolute atomic E-state index is 14.8. The topological polar surface area (TPSA) is 98.3 Å². The lowest BCUT2D eigenvalue weighted by molar-refractivity contribution is 0.355. The molecule has 0 radical (unpaired) electrons. The summed E-state index contributed by atoms with van der Waals surface area (Å²) in [7, 11) is 0. The van der Waals surface area contributed by atoms with Gasteiger partial charge in [0.05, 0.1) is 16.5 Å². The van der Waals surface area contributed by atoms with E-state index < -0.39 is 30.0 Å². The molecule has 3 atom stereocenters. The van der Waals surface area contributed by atoms with E-state index in [0.717, 1.165) is 11.8 Å². The largest absolute Gasteiger partial charge is 0.463 e. The molecule has 0 saturated heterocycles. The first kappa shape index (κ1) is 24.6. The van der Waals surface area contributed by atoms with Crippen LogP contribution in [-0.4, -0.2) is 44.9 Å². The highest BCUT2D eigenvalue weighted by atomic mass is 32.2. The summed E-state index contributed by atoms with van der Waals surface area (Å²) >= 11 is 0.952. The number of aromatic nitrogens is 3. The van der Waals surface area contributed by atoms with Crippen LogP contribution in [0.3, 0.4) is 0 Å². The summed E-state index contributed by atoms with van der Waals surface area (Å²) in [6.45, 7) is 1.99. The molecule has 3 N–H and O–H groups in total. The zero-order valence-corrected chi connectivity index (χ0v) is 19.9. The smallest absolute Gasteiger partial charge is 0.233 e. The van der Waals surface area contributed by atoms with Crippen LogP contribution in [0.2, 0.25) is 0 Å². The Bertz CT molecular complexity index is 1330. The van der Waals surface area contributed by atoms with Crippen LogP contribution in [0.15, 0.2) is 41.7 Å². The van der Waals surface area contributed by atoms with Gasteiger partial charge >= 0.3 is 0 Å². The molecule has 1 aromatic carbocycles. The predicted octanol–water partition coefficient (Wildman–Crippen LogP) is 4.73. The van der Waals surface area contributed by atoms with Crippen LogP contribution in [0.5, 0.6) is 5.88 Å². The van der Waals surface area contributed by atoms with Gasteiger partial charge in [0.1, 0.15) is 18.0 Å². The summed E-state index contributed by atoms with van der Waals surface area (Å²) in [5, 5.41) is 3.09. The molecule has 2 aromatic heterocycles. The van der Waals surface area contributed by atoms with E-state index in [-0.39, 0.29) is 17.7 Å². The molecule has 0 aliphatic heterocycles. The fourth-order valence-corrected chi connectivity index (χ4v) is 5.34. The highest BCUT2D eigenvalue weighted by Gasteiger charge is 2.64. The molecule has 1 aliphatic rings. The van der Waals surface area contributed by atoms with Crippen LogP contribution < -0.4 is 15.8 Å². The number of hydrogen-bond donors (Lipinski definition) is 2. The molecule has 7 nitrogen and oxygen atoms in total. The van der Waals surface area contributed by atoms with Crippen LogP contribution >= 0.6 is 11.8 Å². The van der Waals surface area contributed by atoms with Gasteiger partial charge in [0.25, 0.3) is 0 Å². The minimum absolute atomic E-state index is 0.0576. The Balaban J connectivity index is 1.60. The molecule has 1 aliphatic carbocycles. The fraction of sp³-hybridized carbons (Fsp3) is 0.333. The second kappa shape index (κ2) is 10.4. The number of amidine groups is 1. The third-order valence-corrected chi connectivity index (χ3v) is 7.36. The van der Waals surface area contributed by atoms with E-state index in [4.69, 9.17) is 10.5 Å². The normalized spacial score (nSPS) is 21.3. The highest BCUT2D eigenvalue weighted by molar-refractivity contribution is 8.15. The molecule has 1 fully saturated rings. The summed E-state index contributed by atoms with van der Waals surface area (Å²) in [4.78, 5) is 16.6. The molecule has 0 amide bonds. The van der Waals surface area contributed by atoms with E-state index in [0.29, 0.717) is 34.0 Å². The van der Waals surface area contributed by atoms with Crippen LogP contribution in [0.25, 0.3) is 11.0 Å². The highest BCUT2D eigenvalue weighted by Crippen LogP contribution is 2.66. The lowest BCUT2D eigenvalue weighted by Crippen LogP contribution is -2.20. The molecule has 4 rings (SSSR count). The number of fused-ring (bicyclic) bond motifs is 1. The molecular weight excluding hydrogens is 477 g/mol. The third kappa shape index (κ3) is 4.98. The van der Waals surface area contributed by atoms with E-state index in [2.05, 4.69) is 37.1 Å². The average molecular weight is 501 g/mol. The Morgan fingerprint density at radius 1 is 1.31 bits per heavy atom. The van der Waals surface area contributed by atoms with E-state index in [1.54, 1.807) is 31.3 Å². The molecule has 3 aromatic rings. The molecule has 2 unspecified atom stereocenters. The minimum atomic E-state index is -0.996. The van der Waals surface area contributed by atoms with E-state index >= 15 is 0 Å². The molecule has 0 spiro atoms. The number of benzene rings is 1. The second-order valence-electron chi connectivity index (χ2n) is 7.89. The van der Waals surface area contributed by atoms with Crippen molar-refractivity contribution in [2.75, 3.05) is 25.4 Å². The van der Waals surface area contributed by atoms with Crippen molar-refractivity contribution in [3.8, 4) is 17.7 Å². The SMILES string of the molecule is CC#CCOc1cnc2c(Nc3ccc(F)c(C4C(C)[C@]4(CF)SC(N)=NCF)c3)nccc2n1. The second-order valence-corrected chi connectivity index (χ2v) is 9.27. The van der Waals surface area contributed by atoms with Gasteiger partial charge in [-0.05, 0) is 42.7 Å². The predicted molar refractivity (Wildman–Crippen MR) is 132 cm³/mol. The number of rotatable bonds is 8. The number of pyridine rings is 1. The van der Waals surface area contributed by atoms with Gasteiger partial charge in [0.15, 0.2) is 24.4 Å². The van der Waals surface area contributed by atoms with Crippen molar-refractivity contribution in [1.29, 1.82) is 0 Å². The van der Waals surface area contributed by atoms with E-state index in [9.17, 15) is 13.2 Å². The van der Waals surface area contributed by atoms with Gasteiger partial charge in [-0.1, -0.05) is 24.6 Å². The van der Waals surface area contributed by atoms with Gasteiger partial charge < -0.3 is 15.8 Å². The molecular formula is C24H23F3N6OS. The monoisotopic (exact) mass is 500 g/mol. The number of hydrogen-bond acceptors (Lipinski definition) is 7. The molecule has 1 saturated carbocycles. The summed E-state index contributed by atoms with van der Waals surface area (Å²) in [6.07, 6.45) is 3.05. The summed E-state index contributed by atoms with van der Waals surface area (Å²) in [5.41, 5.74) is 7.65. The number of anilines is 2. The molecule has 11 heteroatoms. The summed E-state index contributed by atoms with van der Waals surface area (Å²) in [5.74, 6) is 5.13. The Morgan fingerprint density at radius 3 is 2.89 bits per heavy atom. The number of ether oxygens (including phenoxy) is 1. The van der Waals surface area contributed by atoms with E-state index in [1.165, 1.54) is 12.3 Å². The number of aliphatic imine (C=N–C) groups is 1. The van der Waals surface area contributed by atoms with Crippen LogP contribution in [-0.2, 0) is 0 Å². The lowest BCUT2D eigenvalue weighted by atomic mass is 10.1. The number of halogens is 3. The number of alkyl halides is 2. The number of nitrogens with one attached hydrogen (secondary N) is 1. The lowest BCUT2D eigenvalue weighted by Gasteiger charge is -2.14. The van der Waals surface area contributed by atoms with Crippen molar-refractivity contribution in [1.82, 2.24) is 15.0 Å². The van der Waals surface area contributed by atoms with Crippen molar-refractivity contribution in [2.45, 2.75) is 24.5 Å². The van der Waals surface area contributed by atoms with Crippen molar-refractivity contribution in [2.24, 2.45) is 16.6 Å². The van der Waals surface area contributed by atoms with Crippen LogP contribution in [0.4, 0.5) is 24.7 Å². The minimum Gasteiger partial charge on any atom is -0.463 e. The Labute approximate surface area is 204 Å². The maximum atomic E-state index is 14.8. The standard InChI is InChI=1S/C24H23F3N6OS/c1-3-4-9-34-19-11-30-21-18(33-19)7-8-29-22(21)32-15-5-6-17(27)16(10-15)20-14(2)24(20,12-25)35-23(28)31-13-26/h5-8,10-11,14,20H,9,12-13H2,1-2H3,(H2,28,31)(H,29,32)/t14?,20?,24-/m0/s1. The van der Waals surface area contributed by atoms with Gasteiger partial charge in [-0.2, -0.15) is 0 Å². The molecule has 2 heterocycles. The van der Waals surface area contributed by atoms with Crippen molar-refractivity contribution >= 4 is 39.5 Å². The quantitative estimate of drug-likeness (QED) is 0.200. The number of nitrogens with zero attached hydrogens (tertiary/aromatic N) is 4. The maximum Gasteiger partial charge on any atom is 0.233 e. The van der Waals surface area contributed by atoms with Gasteiger partial charge in [0.2, 0.25) is 5.88 Å². The Hall–Kier alpha value is -3.52. The molecule has 182 valence electrons. The fourth-order valence-electron chi connectivity index (χ4n) is 4.07. The average Bonchev–Trinajstić information content (AvgIpc) is 3.42. The molecule has 35 heavy (non-hydrogen) atoms. The summed E-state index contributed by atoms with van der Waals surface area (Å²) < 4.78 is 45.9. The third-order valence-electron chi connectivity index (χ3n) is 5.91. The van der Waals surface area contributed by atoms with Crippen molar-refractivity contribution < 1.29 is 17.9 Å². The van der Waals surface area contributed by atoms with Gasteiger partial charge in [-0.25, -0.2) is 33.1 Å². The first-order valence-electron chi connectivity index (χ1n) is 10.7.